The van der Waals surface area contributed by atoms with Gasteiger partial charge in [-0.1, -0.05) is 270 Å². The molecule has 0 unspecified atom stereocenters. The van der Waals surface area contributed by atoms with Crippen LogP contribution in [0.5, 0.6) is 23.0 Å². The van der Waals surface area contributed by atoms with Gasteiger partial charge in [0.2, 0.25) is 23.6 Å². The molecular weight excluding hydrogens is 1520 g/mol. The third-order valence-electron chi connectivity index (χ3n) is 20.3. The number of carbonyl (C=O) groups excluding carboxylic acids is 4. The molecule has 4 amide bonds. The zero-order chi connectivity index (χ0) is 81.1. The van der Waals surface area contributed by atoms with Crippen LogP contribution in [-0.2, 0) is 63.1 Å². The SMILES string of the molecule is CCCOc1c2cc(NC(=O)CP(=O)(c3ccccc3)c3ccccc3)cc1Cc1cc(NC(=O)CP(=O)(c3ccccc3)c3ccccc3)cc(c1OCCC)Cc1cc(NC(=O)CP(=O)(c3ccccc3)c3ccccc3)cc(c1OCCC)Cc1cc(NC(=O)CP(=O)(c3ccccc3)c3ccccc3)cc(c1OCCC)C2. The summed E-state index contributed by atoms with van der Waals surface area (Å²) in [6, 6.07) is 87.1. The lowest BCUT2D eigenvalue weighted by Gasteiger charge is -2.25. The maximum Gasteiger partial charge on any atom is 0.232 e. The van der Waals surface area contributed by atoms with Gasteiger partial charge in [0.1, 0.15) is 23.0 Å². The van der Waals surface area contributed by atoms with E-state index in [1.165, 1.54) is 0 Å². The standard InChI is InChI=1S/C96H96N4O12P4/c1-5-49-109-93-69-53-71-59-78(98-90(102)66-114(106,83-37-21-11-22-38-83)84-39-23-12-24-40-84)61-73(94(71)110-50-6-2)55-75-63-80(100-92(104)68-116(108,87-45-29-15-30-46-87)88-47-31-16-32-48-88)64-76(96(75)112-52-8-4)56-74-62-79(99-91(103)67-115(107,85-41-25-13-26-42-85)86-43-27-14-28-44-86)60-72(95(74)111-51-7-3)54-70(93)58-77(57-69)97-89(101)65-113(105,81-33-17-9-18-34-81)82-35-19-10-20-36-82/h9-48,57-64H,5-8,49-56,65-68H2,1-4H3,(H,97,101)(H,98,102)(H,99,103)(H,100,104). The van der Waals surface area contributed by atoms with E-state index in [0.717, 1.165) is 0 Å². The number of hydrogen-bond acceptors (Lipinski definition) is 12. The first-order chi connectivity index (χ1) is 56.4. The fraction of sp³-hybridized carbons (Fsp3) is 0.208. The monoisotopic (exact) mass is 1620 g/mol. The molecule has 1 aliphatic rings. The Kier molecular flexibility index (Phi) is 27.3. The van der Waals surface area contributed by atoms with Crippen LogP contribution in [0.15, 0.2) is 291 Å². The number of nitrogens with one attached hydrogen (secondary N) is 4. The maximum absolute atomic E-state index is 15.8. The third-order valence-corrected chi connectivity index (χ3v) is 32.3. The topological polar surface area (TPSA) is 222 Å². The van der Waals surface area contributed by atoms with E-state index in [9.17, 15) is 0 Å². The number of carbonyl (C=O) groups is 4. The highest BCUT2D eigenvalue weighted by Crippen LogP contribution is 2.49. The highest BCUT2D eigenvalue weighted by atomic mass is 31.2. The summed E-state index contributed by atoms with van der Waals surface area (Å²) in [5.74, 6) is -0.221. The van der Waals surface area contributed by atoms with Crippen molar-refractivity contribution in [1.82, 2.24) is 0 Å². The molecule has 16 nitrogen and oxygen atoms in total. The van der Waals surface area contributed by atoms with Crippen LogP contribution in [0.1, 0.15) is 97.9 Å². The number of benzene rings is 12. The first-order valence-corrected chi connectivity index (χ1v) is 47.1. The molecule has 0 aromatic heterocycles. The zero-order valence-corrected chi connectivity index (χ0v) is 69.3. The second kappa shape index (κ2) is 38.4. The van der Waals surface area contributed by atoms with E-state index in [2.05, 4.69) is 21.3 Å². The Labute approximate surface area is 679 Å². The second-order valence-electron chi connectivity index (χ2n) is 29.1. The van der Waals surface area contributed by atoms with Crippen LogP contribution in [0.3, 0.4) is 0 Å². The van der Waals surface area contributed by atoms with Crippen molar-refractivity contribution in [3.05, 3.63) is 336 Å². The lowest BCUT2D eigenvalue weighted by Crippen LogP contribution is -2.26. The molecule has 0 spiro atoms. The summed E-state index contributed by atoms with van der Waals surface area (Å²) < 4.78 is 91.4. The molecule has 0 saturated carbocycles. The molecular formula is C96H96N4O12P4. The summed E-state index contributed by atoms with van der Waals surface area (Å²) in [7, 11) is -14.6. The zero-order valence-electron chi connectivity index (χ0n) is 65.7. The van der Waals surface area contributed by atoms with Gasteiger partial charge in [-0.3, -0.25) is 19.2 Å². The molecule has 12 aromatic carbocycles. The van der Waals surface area contributed by atoms with Gasteiger partial charge in [-0.25, -0.2) is 0 Å². The summed E-state index contributed by atoms with van der Waals surface area (Å²) in [4.78, 5) is 61.2. The van der Waals surface area contributed by atoms with Gasteiger partial charge in [-0.15, -0.1) is 0 Å². The van der Waals surface area contributed by atoms with Crippen LogP contribution >= 0.6 is 28.6 Å². The van der Waals surface area contributed by atoms with Crippen LogP contribution in [0, 0.1) is 0 Å². The summed E-state index contributed by atoms with van der Waals surface area (Å²) in [6.45, 7) is 9.04. The molecule has 592 valence electrons. The average Bonchev–Trinajstić information content (AvgIpc) is 0.779. The van der Waals surface area contributed by atoms with Gasteiger partial charge in [0.25, 0.3) is 0 Å². The molecule has 0 aliphatic heterocycles. The minimum atomic E-state index is -3.65. The molecule has 20 heteroatoms. The molecule has 4 N–H and O–H groups in total. The molecule has 0 saturated heterocycles. The predicted octanol–water partition coefficient (Wildman–Crippen LogP) is 17.3. The van der Waals surface area contributed by atoms with Gasteiger partial charge < -0.3 is 58.5 Å². The van der Waals surface area contributed by atoms with Crippen LogP contribution in [0.25, 0.3) is 0 Å². The van der Waals surface area contributed by atoms with Gasteiger partial charge in [0.15, 0.2) is 28.6 Å². The lowest BCUT2D eigenvalue weighted by molar-refractivity contribution is -0.114. The molecule has 1 aliphatic carbocycles. The summed E-state index contributed by atoms with van der Waals surface area (Å²) in [5.41, 5.74) is 6.07. The Morgan fingerprint density at radius 3 is 0.509 bits per heavy atom. The average molecular weight is 1620 g/mol. The van der Waals surface area contributed by atoms with Crippen molar-refractivity contribution in [2.24, 2.45) is 0 Å². The molecule has 8 bridgehead atoms. The fourth-order valence-corrected chi connectivity index (χ4v) is 24.8. The number of ether oxygens (including phenoxy) is 4. The number of anilines is 4. The van der Waals surface area contributed by atoms with E-state index in [1.807, 2.05) is 222 Å². The van der Waals surface area contributed by atoms with Gasteiger partial charge in [-0.05, 0) is 74.2 Å². The van der Waals surface area contributed by atoms with Crippen molar-refractivity contribution in [1.29, 1.82) is 0 Å². The highest BCUT2D eigenvalue weighted by Gasteiger charge is 2.36. The normalized spacial score (nSPS) is 12.2. The van der Waals surface area contributed by atoms with Gasteiger partial charge >= 0.3 is 0 Å². The Balaban J connectivity index is 1.04. The molecule has 13 rings (SSSR count). The van der Waals surface area contributed by atoms with E-state index in [4.69, 9.17) is 18.9 Å². The molecule has 0 atom stereocenters. The second-order valence-corrected chi connectivity index (χ2v) is 40.4. The lowest BCUT2D eigenvalue weighted by atomic mass is 9.90. The minimum absolute atomic E-state index is 0.0391. The number of hydrogen-bond donors (Lipinski definition) is 4. The van der Waals surface area contributed by atoms with Gasteiger partial charge in [0, 0.05) is 135 Å². The maximum atomic E-state index is 15.8. The number of rotatable bonds is 32. The Bertz CT molecular complexity index is 4690. The van der Waals surface area contributed by atoms with Crippen LogP contribution < -0.4 is 82.7 Å². The Morgan fingerprint density at radius 1 is 0.241 bits per heavy atom. The van der Waals surface area contributed by atoms with E-state index in [1.54, 1.807) is 97.1 Å². The predicted molar refractivity (Wildman–Crippen MR) is 473 cm³/mol. The van der Waals surface area contributed by atoms with Crippen LogP contribution in [-0.4, -0.2) is 74.7 Å². The van der Waals surface area contributed by atoms with E-state index in [0.29, 0.717) is 158 Å². The first kappa shape index (κ1) is 82.6. The van der Waals surface area contributed by atoms with Gasteiger partial charge in [-0.2, -0.15) is 0 Å². The van der Waals surface area contributed by atoms with Crippen molar-refractivity contribution in [3.8, 4) is 23.0 Å². The quantitative estimate of drug-likeness (QED) is 0.0289. The molecule has 116 heavy (non-hydrogen) atoms. The van der Waals surface area contributed by atoms with Gasteiger partial charge in [0.05, 0.1) is 51.1 Å². The highest BCUT2D eigenvalue weighted by molar-refractivity contribution is 7.80. The largest absolute Gasteiger partial charge is 0.493 e. The van der Waals surface area contributed by atoms with E-state index < -0.39 is 52.2 Å². The van der Waals surface area contributed by atoms with Crippen molar-refractivity contribution in [2.45, 2.75) is 79.1 Å². The first-order valence-electron chi connectivity index (χ1n) is 39.5. The van der Waals surface area contributed by atoms with E-state index >= 15 is 37.4 Å². The minimum Gasteiger partial charge on any atom is -0.493 e. The Hall–Kier alpha value is -11.4. The molecule has 12 aromatic rings. The van der Waals surface area contributed by atoms with Crippen molar-refractivity contribution in [2.75, 3.05) is 72.3 Å². The van der Waals surface area contributed by atoms with Crippen molar-refractivity contribution < 1.29 is 56.4 Å². The number of fused-ring (bicyclic) bond motifs is 8. The molecule has 0 fully saturated rings. The van der Waals surface area contributed by atoms with E-state index in [-0.39, 0.29) is 76.8 Å². The van der Waals surface area contributed by atoms with Crippen molar-refractivity contribution >= 4 is 117 Å². The number of amides is 4. The molecule has 0 radical (unpaired) electrons. The van der Waals surface area contributed by atoms with Crippen LogP contribution in [0.2, 0.25) is 0 Å². The smallest absolute Gasteiger partial charge is 0.232 e. The summed E-state index contributed by atoms with van der Waals surface area (Å²) in [6.07, 6.45) is 0.962. The van der Waals surface area contributed by atoms with Crippen molar-refractivity contribution in [3.63, 3.8) is 0 Å². The van der Waals surface area contributed by atoms with Crippen LogP contribution in [0.4, 0.5) is 22.7 Å². The summed E-state index contributed by atoms with van der Waals surface area (Å²) >= 11 is 0. The third kappa shape index (κ3) is 19.6. The summed E-state index contributed by atoms with van der Waals surface area (Å²) in [5, 5.41) is 17.0. The molecule has 0 heterocycles. The fourth-order valence-electron chi connectivity index (χ4n) is 15.0. The Morgan fingerprint density at radius 2 is 0.379 bits per heavy atom.